The molecular formula is C38H25Cl2F4IN4O5. The van der Waals surface area contributed by atoms with Gasteiger partial charge in [0.15, 0.2) is 17.4 Å². The summed E-state index contributed by atoms with van der Waals surface area (Å²) in [5, 5.41) is 10.6. The molecule has 2 saturated heterocycles. The van der Waals surface area contributed by atoms with Crippen molar-refractivity contribution in [1.29, 1.82) is 0 Å². The lowest BCUT2D eigenvalue weighted by Gasteiger charge is -2.50. The first-order chi connectivity index (χ1) is 25.6. The Balaban J connectivity index is 1.31. The van der Waals surface area contributed by atoms with Gasteiger partial charge in [0.1, 0.15) is 0 Å². The molecule has 3 heterocycles. The number of imide groups is 2. The molecule has 3 fully saturated rings. The van der Waals surface area contributed by atoms with Crippen molar-refractivity contribution in [1.82, 2.24) is 9.99 Å². The number of fused-ring (bicyclic) bond motifs is 4. The monoisotopic (exact) mass is 890 g/mol. The first-order valence-corrected chi connectivity index (χ1v) is 18.4. The number of nitrogens with zero attached hydrogens (tertiary/aromatic N) is 3. The van der Waals surface area contributed by atoms with E-state index in [9.17, 15) is 32.7 Å². The number of nitrogens with one attached hydrogen (secondary N) is 1. The Morgan fingerprint density at radius 3 is 2.26 bits per heavy atom. The molecule has 6 unspecified atom stereocenters. The van der Waals surface area contributed by atoms with Gasteiger partial charge in [0.05, 0.1) is 39.4 Å². The van der Waals surface area contributed by atoms with Gasteiger partial charge in [-0.3, -0.25) is 29.5 Å². The van der Waals surface area contributed by atoms with Crippen molar-refractivity contribution in [3.63, 3.8) is 0 Å². The number of hydrogen-bond donors (Lipinski definition) is 2. The number of carbonyl (C=O) groups excluding carboxylic acids is 4. The van der Waals surface area contributed by atoms with Crippen LogP contribution in [0.25, 0.3) is 0 Å². The highest BCUT2D eigenvalue weighted by atomic mass is 127. The lowest BCUT2D eigenvalue weighted by atomic mass is 9.49. The largest absolute Gasteiger partial charge is 0.505 e. The zero-order chi connectivity index (χ0) is 38.4. The van der Waals surface area contributed by atoms with E-state index in [4.69, 9.17) is 23.2 Å². The number of pyridine rings is 1. The number of hydrazine groups is 1. The van der Waals surface area contributed by atoms with Crippen molar-refractivity contribution in [2.24, 2.45) is 23.7 Å². The van der Waals surface area contributed by atoms with Crippen LogP contribution in [-0.2, 0) is 30.8 Å². The third-order valence-electron chi connectivity index (χ3n) is 10.9. The molecule has 3 aromatic carbocycles. The van der Waals surface area contributed by atoms with Gasteiger partial charge in [-0.2, -0.15) is 18.2 Å². The van der Waals surface area contributed by atoms with Crippen LogP contribution < -0.4 is 10.3 Å². The highest BCUT2D eigenvalue weighted by Gasteiger charge is 2.70. The average molecular weight is 891 g/mol. The molecule has 6 atom stereocenters. The molecule has 0 radical (unpaired) electrons. The number of halogens is 7. The standard InChI is InChI=1S/C38H25Cl2F4IN4O5/c39-20-4-2-18(3-5-20)37-26(34(52)49(36(37)54)47-32-27(40)14-19(16-46-32)38(42,43)44)15-25-23(31(37)17-1-12-29(50)28(41)13-17)10-11-24-30(25)35(53)48(33(24)51)22-8-6-21(45)7-9-22/h1-10,12-14,16,24-26,30-31,50H,11,15H2,(H,46,47). The molecule has 4 aliphatic rings. The molecule has 2 aliphatic carbocycles. The van der Waals surface area contributed by atoms with Crippen LogP contribution in [0.4, 0.5) is 29.1 Å². The minimum absolute atomic E-state index is 0.107. The van der Waals surface area contributed by atoms with Crippen molar-refractivity contribution in [2.45, 2.75) is 30.4 Å². The molecule has 0 spiro atoms. The van der Waals surface area contributed by atoms with Gasteiger partial charge in [-0.05, 0) is 107 Å². The van der Waals surface area contributed by atoms with E-state index in [1.807, 2.05) is 0 Å². The fourth-order valence-electron chi connectivity index (χ4n) is 8.71. The molecule has 0 bridgehead atoms. The third-order valence-corrected chi connectivity index (χ3v) is 12.2. The van der Waals surface area contributed by atoms with Crippen LogP contribution in [-0.4, -0.2) is 38.7 Å². The maximum Gasteiger partial charge on any atom is 0.417 e. The van der Waals surface area contributed by atoms with E-state index < -0.39 is 92.8 Å². The summed E-state index contributed by atoms with van der Waals surface area (Å²) < 4.78 is 56.5. The fourth-order valence-corrected chi connectivity index (χ4v) is 9.40. The predicted octanol–water partition coefficient (Wildman–Crippen LogP) is 8.05. The SMILES string of the molecule is O=C1C2CC3C(=CCC4C(=O)N(c5ccc(I)cc5)C(=O)C43)C(c3ccc(O)c(F)c3)C2(c2ccc(Cl)cc2)C(=O)N1Nc1ncc(C(F)(F)F)cc1Cl. The van der Waals surface area contributed by atoms with Crippen LogP contribution in [0.2, 0.25) is 10.0 Å². The molecule has 16 heteroatoms. The number of alkyl halides is 3. The Morgan fingerprint density at radius 2 is 1.61 bits per heavy atom. The van der Waals surface area contributed by atoms with Crippen molar-refractivity contribution in [3.8, 4) is 5.75 Å². The van der Waals surface area contributed by atoms with E-state index in [1.165, 1.54) is 18.2 Å². The van der Waals surface area contributed by atoms with Crippen LogP contribution in [0.1, 0.15) is 35.4 Å². The number of hydrogen-bond acceptors (Lipinski definition) is 7. The number of aromatic hydroxyl groups is 1. The lowest BCUT2D eigenvalue weighted by Crippen LogP contribution is -2.53. The minimum atomic E-state index is -4.77. The van der Waals surface area contributed by atoms with Crippen molar-refractivity contribution in [2.75, 3.05) is 10.3 Å². The van der Waals surface area contributed by atoms with Crippen LogP contribution in [0, 0.1) is 33.1 Å². The Hall–Kier alpha value is -4.54. The van der Waals surface area contributed by atoms with Gasteiger partial charge in [0.2, 0.25) is 11.8 Å². The summed E-state index contributed by atoms with van der Waals surface area (Å²) in [5.74, 6) is -9.58. The van der Waals surface area contributed by atoms with Crippen LogP contribution in [0.5, 0.6) is 5.75 Å². The minimum Gasteiger partial charge on any atom is -0.505 e. The molecule has 4 aromatic rings. The number of amides is 4. The third kappa shape index (κ3) is 5.50. The summed E-state index contributed by atoms with van der Waals surface area (Å²) >= 11 is 14.6. The van der Waals surface area contributed by atoms with E-state index in [2.05, 4.69) is 33.0 Å². The van der Waals surface area contributed by atoms with E-state index in [0.717, 1.165) is 20.6 Å². The van der Waals surface area contributed by atoms with Crippen molar-refractivity contribution >= 4 is 80.9 Å². The van der Waals surface area contributed by atoms with Gasteiger partial charge < -0.3 is 5.11 Å². The Bertz CT molecular complexity index is 2310. The van der Waals surface area contributed by atoms with Gasteiger partial charge in [0, 0.05) is 20.7 Å². The number of carbonyl (C=O) groups is 4. The van der Waals surface area contributed by atoms with E-state index in [1.54, 1.807) is 42.5 Å². The zero-order valence-electron chi connectivity index (χ0n) is 27.5. The quantitative estimate of drug-likeness (QED) is 0.0902. The molecule has 9 nitrogen and oxygen atoms in total. The molecule has 8 rings (SSSR count). The van der Waals surface area contributed by atoms with Crippen LogP contribution >= 0.6 is 45.8 Å². The average Bonchev–Trinajstić information content (AvgIpc) is 3.51. The molecular weight excluding hydrogens is 866 g/mol. The van der Waals surface area contributed by atoms with E-state index in [-0.39, 0.29) is 18.4 Å². The van der Waals surface area contributed by atoms with Crippen molar-refractivity contribution < 1.29 is 41.8 Å². The fraction of sp³-hybridized carbons (Fsp3) is 0.237. The molecule has 54 heavy (non-hydrogen) atoms. The lowest BCUT2D eigenvalue weighted by molar-refractivity contribution is -0.139. The summed E-state index contributed by atoms with van der Waals surface area (Å²) in [5.41, 5.74) is 0.948. The summed E-state index contributed by atoms with van der Waals surface area (Å²) in [6, 6.07) is 17.2. The number of phenols is 1. The topological polar surface area (TPSA) is 120 Å². The second-order valence-corrected chi connectivity index (χ2v) is 15.7. The highest BCUT2D eigenvalue weighted by Crippen LogP contribution is 2.64. The zero-order valence-corrected chi connectivity index (χ0v) is 31.1. The Labute approximate surface area is 328 Å². The summed E-state index contributed by atoms with van der Waals surface area (Å²) in [6.07, 6.45) is -2.49. The van der Waals surface area contributed by atoms with Gasteiger partial charge in [0.25, 0.3) is 11.8 Å². The number of rotatable bonds is 5. The summed E-state index contributed by atoms with van der Waals surface area (Å²) in [7, 11) is 0. The maximum absolute atomic E-state index is 15.3. The predicted molar refractivity (Wildman–Crippen MR) is 197 cm³/mol. The van der Waals surface area contributed by atoms with E-state index in [0.29, 0.717) is 39.1 Å². The molecule has 2 N–H and O–H groups in total. The van der Waals surface area contributed by atoms with Gasteiger partial charge in [-0.15, -0.1) is 0 Å². The van der Waals surface area contributed by atoms with Crippen LogP contribution in [0.3, 0.4) is 0 Å². The second kappa shape index (κ2) is 13.0. The first-order valence-electron chi connectivity index (χ1n) is 16.6. The van der Waals surface area contributed by atoms with Crippen LogP contribution in [0.15, 0.2) is 90.6 Å². The molecule has 4 amide bonds. The number of phenolic OH excluding ortho intramolecular Hbond substituents is 1. The van der Waals surface area contributed by atoms with Crippen molar-refractivity contribution in [3.05, 3.63) is 127 Å². The first kappa shape index (κ1) is 36.4. The summed E-state index contributed by atoms with van der Waals surface area (Å²) in [6.45, 7) is 0. The summed E-state index contributed by atoms with van der Waals surface area (Å²) in [4.78, 5) is 63.2. The molecule has 276 valence electrons. The Morgan fingerprint density at radius 1 is 0.907 bits per heavy atom. The van der Waals surface area contributed by atoms with Gasteiger partial charge in [-0.1, -0.05) is 53.1 Å². The Kier molecular flexibility index (Phi) is 8.80. The number of allylic oxidation sites excluding steroid dienone is 2. The van der Waals surface area contributed by atoms with Gasteiger partial charge in [-0.25, -0.2) is 9.37 Å². The number of aromatic nitrogens is 1. The molecule has 2 aliphatic heterocycles. The normalized spacial score (nSPS) is 26.4. The second-order valence-electron chi connectivity index (χ2n) is 13.6. The number of anilines is 2. The molecule has 1 aromatic heterocycles. The van der Waals surface area contributed by atoms with Gasteiger partial charge >= 0.3 is 6.18 Å². The highest BCUT2D eigenvalue weighted by molar-refractivity contribution is 14.1. The molecule has 1 saturated carbocycles. The number of benzene rings is 3. The maximum atomic E-state index is 15.3. The van der Waals surface area contributed by atoms with E-state index >= 15 is 9.18 Å². The smallest absolute Gasteiger partial charge is 0.417 e.